The molecule has 2 aromatic rings. The van der Waals surface area contributed by atoms with Gasteiger partial charge in [0.1, 0.15) is 18.1 Å². The molecule has 7 heteroatoms. The maximum atomic E-state index is 13.0. The van der Waals surface area contributed by atoms with Gasteiger partial charge in [-0.3, -0.25) is 9.59 Å². The van der Waals surface area contributed by atoms with Crippen LogP contribution in [0.25, 0.3) is 11.1 Å². The highest BCUT2D eigenvalue weighted by Gasteiger charge is 2.51. The summed E-state index contributed by atoms with van der Waals surface area (Å²) in [6.07, 6.45) is 1.97. The van der Waals surface area contributed by atoms with Crippen molar-refractivity contribution in [2.75, 3.05) is 19.7 Å². The number of hydrogen-bond acceptors (Lipinski definition) is 4. The fourth-order valence-corrected chi connectivity index (χ4v) is 5.02. The highest BCUT2D eigenvalue weighted by atomic mass is 16.5. The fraction of sp³-hybridized carbons (Fsp3) is 0.444. The fourth-order valence-electron chi connectivity index (χ4n) is 5.02. The molecule has 1 atom stereocenters. The van der Waals surface area contributed by atoms with Crippen molar-refractivity contribution < 1.29 is 24.2 Å². The first-order valence-electron chi connectivity index (χ1n) is 12.0. The van der Waals surface area contributed by atoms with Crippen molar-refractivity contribution in [2.24, 2.45) is 5.41 Å². The lowest BCUT2D eigenvalue weighted by molar-refractivity contribution is -0.167. The second-order valence-electron chi connectivity index (χ2n) is 9.30. The lowest BCUT2D eigenvalue weighted by atomic mass is 9.77. The Morgan fingerprint density at radius 3 is 2.18 bits per heavy atom. The van der Waals surface area contributed by atoms with Gasteiger partial charge < -0.3 is 20.1 Å². The van der Waals surface area contributed by atoms with Gasteiger partial charge in [0.25, 0.3) is 0 Å². The minimum atomic E-state index is -0.881. The quantitative estimate of drug-likeness (QED) is 0.573. The number of rotatable bonds is 9. The zero-order chi connectivity index (χ0) is 24.3. The summed E-state index contributed by atoms with van der Waals surface area (Å²) in [4.78, 5) is 38.9. The number of nitrogens with one attached hydrogen (secondary N) is 1. The molecule has 1 aliphatic carbocycles. The Bertz CT molecular complexity index is 1030. The Hall–Kier alpha value is -3.35. The van der Waals surface area contributed by atoms with Crippen molar-refractivity contribution in [3.63, 3.8) is 0 Å². The zero-order valence-corrected chi connectivity index (χ0v) is 19.8. The number of carbonyl (C=O) groups excluding carboxylic acids is 2. The molecule has 1 unspecified atom stereocenters. The molecule has 1 heterocycles. The van der Waals surface area contributed by atoms with Gasteiger partial charge in [-0.1, -0.05) is 75.2 Å². The Morgan fingerprint density at radius 1 is 1.06 bits per heavy atom. The van der Waals surface area contributed by atoms with Crippen LogP contribution in [0.4, 0.5) is 4.79 Å². The minimum absolute atomic E-state index is 0.0564. The van der Waals surface area contributed by atoms with E-state index in [1.165, 1.54) is 4.90 Å². The molecule has 2 aliphatic rings. The molecule has 1 aliphatic heterocycles. The van der Waals surface area contributed by atoms with Crippen molar-refractivity contribution in [3.05, 3.63) is 59.7 Å². The normalized spacial score (nSPS) is 16.7. The molecule has 34 heavy (non-hydrogen) atoms. The van der Waals surface area contributed by atoms with Gasteiger partial charge >= 0.3 is 12.1 Å². The molecule has 0 aromatic heterocycles. The smallest absolute Gasteiger partial charge is 0.407 e. The lowest BCUT2D eigenvalue weighted by Crippen LogP contribution is -2.65. The lowest BCUT2D eigenvalue weighted by Gasteiger charge is -2.47. The van der Waals surface area contributed by atoms with Gasteiger partial charge in [0.2, 0.25) is 5.91 Å². The van der Waals surface area contributed by atoms with Crippen LogP contribution < -0.4 is 5.32 Å². The third-order valence-electron chi connectivity index (χ3n) is 7.21. The van der Waals surface area contributed by atoms with Crippen LogP contribution in [0.2, 0.25) is 0 Å². The molecule has 1 fully saturated rings. The summed E-state index contributed by atoms with van der Waals surface area (Å²) < 4.78 is 5.62. The summed E-state index contributed by atoms with van der Waals surface area (Å²) in [5.41, 5.74) is 3.67. The number of aliphatic carboxylic acids is 1. The summed E-state index contributed by atoms with van der Waals surface area (Å²) in [6.45, 7) is 4.36. The van der Waals surface area contributed by atoms with Crippen LogP contribution in [-0.2, 0) is 14.3 Å². The number of amides is 2. The average molecular weight is 465 g/mol. The molecule has 2 N–H and O–H groups in total. The summed E-state index contributed by atoms with van der Waals surface area (Å²) >= 11 is 0. The van der Waals surface area contributed by atoms with Crippen LogP contribution in [0.15, 0.2) is 48.5 Å². The molecular weight excluding hydrogens is 432 g/mol. The predicted octanol–water partition coefficient (Wildman–Crippen LogP) is 4.41. The molecule has 2 aromatic carbocycles. The van der Waals surface area contributed by atoms with Crippen LogP contribution in [0.5, 0.6) is 0 Å². The van der Waals surface area contributed by atoms with E-state index in [0.717, 1.165) is 35.1 Å². The van der Waals surface area contributed by atoms with Gasteiger partial charge in [0.05, 0.1) is 0 Å². The minimum Gasteiger partial charge on any atom is -0.481 e. The first kappa shape index (κ1) is 23.8. The predicted molar refractivity (Wildman–Crippen MR) is 128 cm³/mol. The average Bonchev–Trinajstić information content (AvgIpc) is 3.13. The molecular formula is C27H32N2O5. The second-order valence-corrected chi connectivity index (χ2v) is 9.30. The largest absolute Gasteiger partial charge is 0.481 e. The highest BCUT2D eigenvalue weighted by Crippen LogP contribution is 2.44. The molecule has 2 amide bonds. The van der Waals surface area contributed by atoms with Gasteiger partial charge in [-0.05, 0) is 35.1 Å². The van der Waals surface area contributed by atoms with Crippen molar-refractivity contribution in [3.8, 4) is 11.1 Å². The topological polar surface area (TPSA) is 95.9 Å². The Labute approximate surface area is 200 Å². The van der Waals surface area contributed by atoms with Crippen molar-refractivity contribution in [1.29, 1.82) is 0 Å². The highest BCUT2D eigenvalue weighted by molar-refractivity contribution is 5.89. The third kappa shape index (κ3) is 4.39. The maximum absolute atomic E-state index is 13.0. The molecule has 7 nitrogen and oxygen atoms in total. The monoisotopic (exact) mass is 464 g/mol. The number of carboxylic acids is 1. The van der Waals surface area contributed by atoms with Crippen LogP contribution in [0.3, 0.4) is 0 Å². The molecule has 1 saturated heterocycles. The van der Waals surface area contributed by atoms with E-state index >= 15 is 0 Å². The zero-order valence-electron chi connectivity index (χ0n) is 19.8. The van der Waals surface area contributed by atoms with E-state index in [1.54, 1.807) is 0 Å². The van der Waals surface area contributed by atoms with Gasteiger partial charge in [-0.25, -0.2) is 4.79 Å². The summed E-state index contributed by atoms with van der Waals surface area (Å²) in [6, 6.07) is 15.5. The first-order valence-corrected chi connectivity index (χ1v) is 12.0. The molecule has 0 saturated carbocycles. The summed E-state index contributed by atoms with van der Waals surface area (Å²) in [5, 5.41) is 12.2. The SMILES string of the molecule is CCCCC(NC(=O)OCC1c2ccccc2-c2ccccc21)C(=O)N1CC(CC)(C(=O)O)C1. The van der Waals surface area contributed by atoms with Gasteiger partial charge in [-0.15, -0.1) is 0 Å². The molecule has 0 spiro atoms. The van der Waals surface area contributed by atoms with Gasteiger partial charge in [-0.2, -0.15) is 0 Å². The number of benzene rings is 2. The van der Waals surface area contributed by atoms with Gasteiger partial charge in [0.15, 0.2) is 0 Å². The number of unbranched alkanes of at least 4 members (excludes halogenated alkanes) is 1. The molecule has 180 valence electrons. The van der Waals surface area contributed by atoms with E-state index in [-0.39, 0.29) is 31.5 Å². The van der Waals surface area contributed by atoms with E-state index in [9.17, 15) is 19.5 Å². The van der Waals surface area contributed by atoms with E-state index in [1.807, 2.05) is 38.1 Å². The Kier molecular flexibility index (Phi) is 6.91. The van der Waals surface area contributed by atoms with E-state index in [2.05, 4.69) is 29.6 Å². The molecule has 4 rings (SSSR count). The maximum Gasteiger partial charge on any atom is 0.407 e. The summed E-state index contributed by atoms with van der Waals surface area (Å²) in [7, 11) is 0. The molecule has 0 radical (unpaired) electrons. The number of ether oxygens (including phenoxy) is 1. The molecule has 0 bridgehead atoms. The van der Waals surface area contributed by atoms with Crippen molar-refractivity contribution in [1.82, 2.24) is 10.2 Å². The third-order valence-corrected chi connectivity index (χ3v) is 7.21. The number of nitrogens with zero attached hydrogens (tertiary/aromatic N) is 1. The standard InChI is InChI=1S/C27H32N2O5/c1-3-5-14-23(24(30)29-16-27(4-2,17-29)25(31)32)28-26(33)34-15-22-20-12-8-6-10-18(20)19-11-7-9-13-21(19)22/h6-13,22-23H,3-5,14-17H2,1-2H3,(H,28,33)(H,31,32). The van der Waals surface area contributed by atoms with Crippen molar-refractivity contribution >= 4 is 18.0 Å². The number of likely N-dealkylation sites (tertiary alicyclic amines) is 1. The van der Waals surface area contributed by atoms with E-state index in [4.69, 9.17) is 4.74 Å². The van der Waals surface area contributed by atoms with Gasteiger partial charge in [0, 0.05) is 19.0 Å². The number of hydrogen-bond donors (Lipinski definition) is 2. The number of carbonyl (C=O) groups is 3. The second kappa shape index (κ2) is 9.87. The van der Waals surface area contributed by atoms with Crippen LogP contribution in [0.1, 0.15) is 56.6 Å². The number of alkyl carbamates (subject to hydrolysis) is 1. The number of fused-ring (bicyclic) bond motifs is 3. The first-order chi connectivity index (χ1) is 16.4. The van der Waals surface area contributed by atoms with E-state index < -0.39 is 23.5 Å². The van der Waals surface area contributed by atoms with E-state index in [0.29, 0.717) is 12.8 Å². The Balaban J connectivity index is 1.39. The van der Waals surface area contributed by atoms with Crippen LogP contribution >= 0.6 is 0 Å². The summed E-state index contributed by atoms with van der Waals surface area (Å²) in [5.74, 6) is -1.18. The number of carboxylic acid groups (broad SMARTS) is 1. The van der Waals surface area contributed by atoms with Crippen molar-refractivity contribution in [2.45, 2.75) is 51.5 Å². The Morgan fingerprint density at radius 2 is 1.65 bits per heavy atom. The van der Waals surface area contributed by atoms with Crippen LogP contribution in [-0.4, -0.2) is 53.7 Å². The van der Waals surface area contributed by atoms with Crippen LogP contribution in [0, 0.1) is 5.41 Å².